The molecule has 0 bridgehead atoms. The summed E-state index contributed by atoms with van der Waals surface area (Å²) in [5, 5.41) is 0.334. The van der Waals surface area contributed by atoms with Gasteiger partial charge < -0.3 is 9.15 Å². The summed E-state index contributed by atoms with van der Waals surface area (Å²) in [6, 6.07) is 11.8. The minimum Gasteiger partial charge on any atom is -0.465 e. The summed E-state index contributed by atoms with van der Waals surface area (Å²) in [6.07, 6.45) is -5.90. The molecule has 0 spiro atoms. The number of ether oxygens (including phenoxy) is 1. The van der Waals surface area contributed by atoms with E-state index in [1.165, 1.54) is 48.5 Å². The van der Waals surface area contributed by atoms with Crippen molar-refractivity contribution < 1.29 is 40.7 Å². The van der Waals surface area contributed by atoms with E-state index in [0.29, 0.717) is 10.9 Å². The average Bonchev–Trinajstić information content (AvgIpc) is 3.24. The van der Waals surface area contributed by atoms with Crippen molar-refractivity contribution in [2.75, 3.05) is 7.11 Å². The molecule has 0 saturated carbocycles. The minimum atomic E-state index is -4.45. The molecule has 0 atom stereocenters. The first-order valence-corrected chi connectivity index (χ1v) is 11.4. The number of ketones is 1. The topological polar surface area (TPSA) is 56.5 Å². The van der Waals surface area contributed by atoms with E-state index in [9.17, 15) is 31.5 Å². The van der Waals surface area contributed by atoms with Crippen molar-refractivity contribution in [3.05, 3.63) is 82.9 Å². The smallest absolute Gasteiger partial charge is 0.389 e. The van der Waals surface area contributed by atoms with E-state index < -0.39 is 36.6 Å². The maximum atomic E-state index is 14.3. The van der Waals surface area contributed by atoms with Crippen LogP contribution < -0.4 is 0 Å². The molecule has 0 amide bonds. The molecule has 0 radical (unpaired) electrons. The van der Waals surface area contributed by atoms with Crippen LogP contribution in [-0.2, 0) is 11.2 Å². The molecule has 1 heterocycles. The van der Waals surface area contributed by atoms with Crippen molar-refractivity contribution in [3.63, 3.8) is 0 Å². The van der Waals surface area contributed by atoms with Crippen molar-refractivity contribution >= 4 is 22.7 Å². The second-order valence-electron chi connectivity index (χ2n) is 8.40. The Labute approximate surface area is 208 Å². The van der Waals surface area contributed by atoms with Gasteiger partial charge in [0.1, 0.15) is 23.0 Å². The van der Waals surface area contributed by atoms with Crippen LogP contribution in [0.2, 0.25) is 0 Å². The largest absolute Gasteiger partial charge is 0.465 e. The third kappa shape index (κ3) is 5.40. The number of benzene rings is 3. The van der Waals surface area contributed by atoms with Gasteiger partial charge in [-0.15, -0.1) is 0 Å². The number of hydrogen-bond donors (Lipinski definition) is 0. The number of fused-ring (bicyclic) bond motifs is 1. The van der Waals surface area contributed by atoms with Gasteiger partial charge in [-0.2, -0.15) is 13.2 Å². The molecule has 3 aromatic carbocycles. The van der Waals surface area contributed by atoms with Crippen molar-refractivity contribution in [1.29, 1.82) is 0 Å². The summed E-state index contributed by atoms with van der Waals surface area (Å²) >= 11 is 0. The number of alkyl halides is 3. The van der Waals surface area contributed by atoms with Crippen LogP contribution in [0.1, 0.15) is 46.0 Å². The molecule has 37 heavy (non-hydrogen) atoms. The molecule has 9 heteroatoms. The Morgan fingerprint density at radius 3 is 2.24 bits per heavy atom. The predicted molar refractivity (Wildman–Crippen MR) is 127 cm³/mol. The second kappa shape index (κ2) is 10.2. The zero-order valence-corrected chi connectivity index (χ0v) is 19.8. The lowest BCUT2D eigenvalue weighted by molar-refractivity contribution is -0.133. The normalized spacial score (nSPS) is 11.6. The van der Waals surface area contributed by atoms with Gasteiger partial charge >= 0.3 is 12.1 Å². The maximum absolute atomic E-state index is 14.3. The van der Waals surface area contributed by atoms with E-state index in [4.69, 9.17) is 4.42 Å². The first kappa shape index (κ1) is 26.1. The Balaban J connectivity index is 2.00. The first-order chi connectivity index (χ1) is 17.5. The summed E-state index contributed by atoms with van der Waals surface area (Å²) in [6.45, 7) is 1.65. The lowest BCUT2D eigenvalue weighted by Gasteiger charge is -2.13. The van der Waals surface area contributed by atoms with Crippen molar-refractivity contribution in [3.8, 4) is 22.5 Å². The Bertz CT molecular complexity index is 1480. The molecule has 0 unspecified atom stereocenters. The van der Waals surface area contributed by atoms with Crippen LogP contribution in [0.25, 0.3) is 33.4 Å². The Kier molecular flexibility index (Phi) is 7.16. The number of carbonyl (C=O) groups is 2. The lowest BCUT2D eigenvalue weighted by atomic mass is 9.92. The number of methoxy groups -OCH3 is 1. The van der Waals surface area contributed by atoms with Crippen LogP contribution >= 0.6 is 0 Å². The fourth-order valence-corrected chi connectivity index (χ4v) is 4.15. The molecule has 0 aliphatic rings. The van der Waals surface area contributed by atoms with Crippen molar-refractivity contribution in [1.82, 2.24) is 0 Å². The Morgan fingerprint density at radius 1 is 0.946 bits per heavy atom. The molecule has 0 fully saturated rings. The van der Waals surface area contributed by atoms with Gasteiger partial charge in [0.2, 0.25) is 0 Å². The van der Waals surface area contributed by atoms with Gasteiger partial charge in [0.25, 0.3) is 0 Å². The fraction of sp³-hybridized carbons (Fsp3) is 0.214. The maximum Gasteiger partial charge on any atom is 0.389 e. The van der Waals surface area contributed by atoms with Gasteiger partial charge in [0.15, 0.2) is 5.78 Å². The highest BCUT2D eigenvalue weighted by molar-refractivity contribution is 6.13. The molecular weight excluding hydrogens is 495 g/mol. The molecule has 1 aromatic heterocycles. The van der Waals surface area contributed by atoms with E-state index in [0.717, 1.165) is 13.2 Å². The van der Waals surface area contributed by atoms with Crippen LogP contribution in [0.15, 0.2) is 59.0 Å². The molecule has 4 nitrogen and oxygen atoms in total. The van der Waals surface area contributed by atoms with Gasteiger partial charge in [-0.1, -0.05) is 13.0 Å². The van der Waals surface area contributed by atoms with Crippen molar-refractivity contribution in [2.24, 2.45) is 0 Å². The van der Waals surface area contributed by atoms with Crippen LogP contribution in [-0.4, -0.2) is 25.0 Å². The molecule has 4 aromatic rings. The third-order valence-corrected chi connectivity index (χ3v) is 5.98. The third-order valence-electron chi connectivity index (χ3n) is 5.98. The van der Waals surface area contributed by atoms with E-state index in [1.54, 1.807) is 6.92 Å². The van der Waals surface area contributed by atoms with Crippen LogP contribution in [0, 0.1) is 11.6 Å². The van der Waals surface area contributed by atoms with Gasteiger partial charge in [-0.3, -0.25) is 4.79 Å². The fourth-order valence-electron chi connectivity index (χ4n) is 4.15. The standard InChI is InChI=1S/C28H21F5O4/c1-3-23(34)25-21-14-19(16-6-9-22(30)20(12-16)27(35)36-2)17(10-11-28(31,32)33)13-24(21)37-26(25)15-4-7-18(29)8-5-15/h4-9,12-14H,3,10-11H2,1-2H3. The van der Waals surface area contributed by atoms with Gasteiger partial charge in [0.05, 0.1) is 18.2 Å². The average molecular weight is 516 g/mol. The van der Waals surface area contributed by atoms with Gasteiger partial charge in [0, 0.05) is 23.8 Å². The highest BCUT2D eigenvalue weighted by Gasteiger charge is 2.29. The SMILES string of the molecule is CCC(=O)c1c(-c2ccc(F)cc2)oc2cc(CCC(F)(F)F)c(-c3ccc(F)c(C(=O)OC)c3)cc12. The molecule has 0 saturated heterocycles. The van der Waals surface area contributed by atoms with Crippen molar-refractivity contribution in [2.45, 2.75) is 32.4 Å². The number of halogens is 5. The number of rotatable bonds is 7. The van der Waals surface area contributed by atoms with Gasteiger partial charge in [-0.05, 0) is 71.6 Å². The van der Waals surface area contributed by atoms with E-state index in [-0.39, 0.29) is 51.4 Å². The van der Waals surface area contributed by atoms with E-state index in [1.807, 2.05) is 0 Å². The summed E-state index contributed by atoms with van der Waals surface area (Å²) < 4.78 is 77.7. The Hall–Kier alpha value is -4.01. The zero-order chi connectivity index (χ0) is 26.9. The Morgan fingerprint density at radius 2 is 1.62 bits per heavy atom. The summed E-state index contributed by atoms with van der Waals surface area (Å²) in [5.41, 5.74) is 1.17. The second-order valence-corrected chi connectivity index (χ2v) is 8.40. The van der Waals surface area contributed by atoms with Crippen LogP contribution in [0.4, 0.5) is 22.0 Å². The molecule has 0 aliphatic heterocycles. The van der Waals surface area contributed by atoms with E-state index >= 15 is 0 Å². The minimum absolute atomic E-state index is 0.108. The van der Waals surface area contributed by atoms with Crippen LogP contribution in [0.5, 0.6) is 0 Å². The number of hydrogen-bond acceptors (Lipinski definition) is 4. The molecule has 4 rings (SSSR count). The molecular formula is C28H21F5O4. The molecule has 0 aliphatic carbocycles. The number of aryl methyl sites for hydroxylation is 1. The first-order valence-electron chi connectivity index (χ1n) is 11.4. The van der Waals surface area contributed by atoms with E-state index in [2.05, 4.69) is 4.74 Å². The number of furan rings is 1. The predicted octanol–water partition coefficient (Wildman–Crippen LogP) is 7.92. The highest BCUT2D eigenvalue weighted by Crippen LogP contribution is 2.40. The molecule has 0 N–H and O–H groups in total. The number of Topliss-reactive ketones (excluding diaryl/α,β-unsaturated/α-hetero) is 1. The summed E-state index contributed by atoms with van der Waals surface area (Å²) in [4.78, 5) is 25.0. The summed E-state index contributed by atoms with van der Waals surface area (Å²) in [5.74, 6) is -2.41. The highest BCUT2D eigenvalue weighted by atomic mass is 19.4. The number of esters is 1. The van der Waals surface area contributed by atoms with Crippen LogP contribution in [0.3, 0.4) is 0 Å². The quantitative estimate of drug-likeness (QED) is 0.142. The molecule has 192 valence electrons. The zero-order valence-electron chi connectivity index (χ0n) is 19.8. The van der Waals surface area contributed by atoms with Gasteiger partial charge in [-0.25, -0.2) is 13.6 Å². The summed E-state index contributed by atoms with van der Waals surface area (Å²) in [7, 11) is 1.08. The monoisotopic (exact) mass is 516 g/mol. The lowest BCUT2D eigenvalue weighted by Crippen LogP contribution is -2.09. The number of carbonyl (C=O) groups excluding carboxylic acids is 2.